The summed E-state index contributed by atoms with van der Waals surface area (Å²) < 4.78 is 10.6. The van der Waals surface area contributed by atoms with Crippen LogP contribution < -0.4 is 5.32 Å². The first kappa shape index (κ1) is 19.2. The number of carbonyl (C=O) groups excluding carboxylic acids is 1. The van der Waals surface area contributed by atoms with Gasteiger partial charge in [-0.25, -0.2) is 4.79 Å². The van der Waals surface area contributed by atoms with Crippen molar-refractivity contribution in [3.63, 3.8) is 0 Å². The molecule has 1 aliphatic heterocycles. The summed E-state index contributed by atoms with van der Waals surface area (Å²) >= 11 is 0. The molecule has 0 aromatic heterocycles. The van der Waals surface area contributed by atoms with E-state index in [1.54, 1.807) is 7.11 Å². The van der Waals surface area contributed by atoms with E-state index in [4.69, 9.17) is 9.47 Å². The zero-order valence-electron chi connectivity index (χ0n) is 15.0. The molecule has 130 valence electrons. The Morgan fingerprint density at radius 1 is 1.41 bits per heavy atom. The highest BCUT2D eigenvalue weighted by molar-refractivity contribution is 5.68. The Kier molecular flexibility index (Phi) is 8.18. The van der Waals surface area contributed by atoms with Gasteiger partial charge in [-0.15, -0.1) is 0 Å². The largest absolute Gasteiger partial charge is 0.444 e. The Hall–Kier alpha value is -0.810. The van der Waals surface area contributed by atoms with Crippen LogP contribution in [0.4, 0.5) is 4.79 Å². The molecule has 1 amide bonds. The zero-order chi connectivity index (χ0) is 16.6. The maximum absolute atomic E-state index is 12.1. The highest BCUT2D eigenvalue weighted by Gasteiger charge is 2.27. The summed E-state index contributed by atoms with van der Waals surface area (Å²) in [6.45, 7) is 12.3. The lowest BCUT2D eigenvalue weighted by Crippen LogP contribution is -2.43. The summed E-state index contributed by atoms with van der Waals surface area (Å²) in [4.78, 5) is 14.0. The Morgan fingerprint density at radius 3 is 2.77 bits per heavy atom. The molecule has 0 aromatic rings. The molecule has 5 heteroatoms. The van der Waals surface area contributed by atoms with E-state index in [1.807, 2.05) is 25.7 Å². The molecule has 2 unspecified atom stereocenters. The molecule has 0 aliphatic carbocycles. The second-order valence-electron chi connectivity index (χ2n) is 7.49. The van der Waals surface area contributed by atoms with Gasteiger partial charge in [0, 0.05) is 26.8 Å². The van der Waals surface area contributed by atoms with Crippen LogP contribution >= 0.6 is 0 Å². The van der Waals surface area contributed by atoms with Crippen molar-refractivity contribution in [2.24, 2.45) is 11.8 Å². The normalized spacial score (nSPS) is 20.8. The SMILES string of the molecule is COCC(C)CNCCC1CCCN(C(=O)OC(C)(C)C)C1. The summed E-state index contributed by atoms with van der Waals surface area (Å²) in [5, 5.41) is 3.48. The van der Waals surface area contributed by atoms with Crippen molar-refractivity contribution in [2.45, 2.75) is 52.6 Å². The number of rotatable bonds is 7. The van der Waals surface area contributed by atoms with Crippen molar-refractivity contribution in [1.29, 1.82) is 0 Å². The molecule has 5 nitrogen and oxygen atoms in total. The number of nitrogens with zero attached hydrogens (tertiary/aromatic N) is 1. The van der Waals surface area contributed by atoms with Crippen LogP contribution in [0.25, 0.3) is 0 Å². The van der Waals surface area contributed by atoms with E-state index in [0.29, 0.717) is 11.8 Å². The van der Waals surface area contributed by atoms with Gasteiger partial charge >= 0.3 is 6.09 Å². The zero-order valence-corrected chi connectivity index (χ0v) is 15.0. The molecule has 0 radical (unpaired) electrons. The Labute approximate surface area is 135 Å². The summed E-state index contributed by atoms with van der Waals surface area (Å²) in [6.07, 6.45) is 3.22. The first-order valence-electron chi connectivity index (χ1n) is 8.49. The fourth-order valence-corrected chi connectivity index (χ4v) is 2.79. The maximum atomic E-state index is 12.1. The van der Waals surface area contributed by atoms with E-state index in [-0.39, 0.29) is 6.09 Å². The highest BCUT2D eigenvalue weighted by atomic mass is 16.6. The molecule has 1 saturated heterocycles. The van der Waals surface area contributed by atoms with E-state index in [1.165, 1.54) is 6.42 Å². The molecule has 0 aromatic carbocycles. The maximum Gasteiger partial charge on any atom is 0.410 e. The molecular weight excluding hydrogens is 280 g/mol. The van der Waals surface area contributed by atoms with Gasteiger partial charge in [0.1, 0.15) is 5.60 Å². The molecule has 1 fully saturated rings. The lowest BCUT2D eigenvalue weighted by molar-refractivity contribution is 0.0162. The minimum Gasteiger partial charge on any atom is -0.444 e. The van der Waals surface area contributed by atoms with E-state index < -0.39 is 5.60 Å². The van der Waals surface area contributed by atoms with Crippen molar-refractivity contribution in [3.8, 4) is 0 Å². The number of nitrogens with one attached hydrogen (secondary N) is 1. The lowest BCUT2D eigenvalue weighted by Gasteiger charge is -2.34. The molecule has 1 aliphatic rings. The van der Waals surface area contributed by atoms with Crippen LogP contribution in [0.1, 0.15) is 47.0 Å². The first-order valence-corrected chi connectivity index (χ1v) is 8.49. The number of amides is 1. The minimum atomic E-state index is -0.414. The standard InChI is InChI=1S/C17H34N2O3/c1-14(13-21-5)11-18-9-8-15-7-6-10-19(12-15)16(20)22-17(2,3)4/h14-15,18H,6-13H2,1-5H3. The van der Waals surface area contributed by atoms with Gasteiger partial charge in [-0.3, -0.25) is 0 Å². The number of hydrogen-bond donors (Lipinski definition) is 1. The van der Waals surface area contributed by atoms with Crippen LogP contribution in [0.2, 0.25) is 0 Å². The van der Waals surface area contributed by atoms with Crippen LogP contribution in [0.3, 0.4) is 0 Å². The molecular formula is C17H34N2O3. The van der Waals surface area contributed by atoms with E-state index >= 15 is 0 Å². The van der Waals surface area contributed by atoms with Crippen molar-refractivity contribution < 1.29 is 14.3 Å². The van der Waals surface area contributed by atoms with Crippen LogP contribution in [0.15, 0.2) is 0 Å². The Bertz CT molecular complexity index is 328. The number of likely N-dealkylation sites (tertiary alicyclic amines) is 1. The van der Waals surface area contributed by atoms with Crippen molar-refractivity contribution in [1.82, 2.24) is 10.2 Å². The predicted molar refractivity (Wildman–Crippen MR) is 89.1 cm³/mol. The fourth-order valence-electron chi connectivity index (χ4n) is 2.79. The molecule has 22 heavy (non-hydrogen) atoms. The molecule has 0 bridgehead atoms. The molecule has 1 rings (SSSR count). The number of hydrogen-bond acceptors (Lipinski definition) is 4. The number of methoxy groups -OCH3 is 1. The predicted octanol–water partition coefficient (Wildman–Crippen LogP) is 2.90. The summed E-state index contributed by atoms with van der Waals surface area (Å²) in [6, 6.07) is 0. The second kappa shape index (κ2) is 9.36. The van der Waals surface area contributed by atoms with E-state index in [9.17, 15) is 4.79 Å². The second-order valence-corrected chi connectivity index (χ2v) is 7.49. The molecule has 1 N–H and O–H groups in total. The monoisotopic (exact) mass is 314 g/mol. The third-order valence-corrected chi connectivity index (χ3v) is 3.84. The minimum absolute atomic E-state index is 0.168. The lowest BCUT2D eigenvalue weighted by atomic mass is 9.95. The van der Waals surface area contributed by atoms with E-state index in [2.05, 4.69) is 12.2 Å². The highest BCUT2D eigenvalue weighted by Crippen LogP contribution is 2.21. The molecule has 0 spiro atoms. The van der Waals surface area contributed by atoms with Gasteiger partial charge in [0.05, 0.1) is 0 Å². The number of ether oxygens (including phenoxy) is 2. The van der Waals surface area contributed by atoms with Gasteiger partial charge < -0.3 is 19.7 Å². The smallest absolute Gasteiger partial charge is 0.410 e. The fraction of sp³-hybridized carbons (Fsp3) is 0.941. The van der Waals surface area contributed by atoms with Gasteiger partial charge in [0.25, 0.3) is 0 Å². The summed E-state index contributed by atoms with van der Waals surface area (Å²) in [5.41, 5.74) is -0.414. The third-order valence-electron chi connectivity index (χ3n) is 3.84. The average molecular weight is 314 g/mol. The van der Waals surface area contributed by atoms with E-state index in [0.717, 1.165) is 45.6 Å². The summed E-state index contributed by atoms with van der Waals surface area (Å²) in [5.74, 6) is 1.11. The summed E-state index contributed by atoms with van der Waals surface area (Å²) in [7, 11) is 1.74. The van der Waals surface area contributed by atoms with Gasteiger partial charge in [-0.2, -0.15) is 0 Å². The topological polar surface area (TPSA) is 50.8 Å². The van der Waals surface area contributed by atoms with Crippen LogP contribution in [-0.4, -0.2) is 56.5 Å². The Morgan fingerprint density at radius 2 is 2.14 bits per heavy atom. The quantitative estimate of drug-likeness (QED) is 0.734. The van der Waals surface area contributed by atoms with Gasteiger partial charge in [0.2, 0.25) is 0 Å². The van der Waals surface area contributed by atoms with Crippen molar-refractivity contribution >= 4 is 6.09 Å². The van der Waals surface area contributed by atoms with Crippen LogP contribution in [-0.2, 0) is 9.47 Å². The van der Waals surface area contributed by atoms with Crippen LogP contribution in [0.5, 0.6) is 0 Å². The number of carbonyl (C=O) groups is 1. The van der Waals surface area contributed by atoms with Gasteiger partial charge in [-0.1, -0.05) is 6.92 Å². The van der Waals surface area contributed by atoms with Crippen LogP contribution in [0, 0.1) is 11.8 Å². The van der Waals surface area contributed by atoms with Gasteiger partial charge in [0.15, 0.2) is 0 Å². The number of piperidine rings is 1. The third kappa shape index (κ3) is 7.99. The molecule has 2 atom stereocenters. The first-order chi connectivity index (χ1) is 10.3. The molecule has 1 heterocycles. The van der Waals surface area contributed by atoms with Crippen molar-refractivity contribution in [2.75, 3.05) is 39.9 Å². The van der Waals surface area contributed by atoms with Gasteiger partial charge in [-0.05, 0) is 65.0 Å². The molecule has 0 saturated carbocycles. The average Bonchev–Trinajstić information content (AvgIpc) is 2.42. The van der Waals surface area contributed by atoms with Crippen molar-refractivity contribution in [3.05, 3.63) is 0 Å². The Balaban J connectivity index is 2.24.